The van der Waals surface area contributed by atoms with Gasteiger partial charge < -0.3 is 11.3 Å². The van der Waals surface area contributed by atoms with Crippen LogP contribution in [-0.2, 0) is 7.05 Å². The monoisotopic (exact) mass is 450 g/mol. The molecule has 178 valence electrons. The number of aliphatic imine (C=N–C) groups is 1. The van der Waals surface area contributed by atoms with E-state index in [4.69, 9.17) is 10.8 Å². The third-order valence-electron chi connectivity index (χ3n) is 4.59. The summed E-state index contributed by atoms with van der Waals surface area (Å²) in [7, 11) is 3.70. The van der Waals surface area contributed by atoms with Crippen molar-refractivity contribution in [3.63, 3.8) is 0 Å². The average Bonchev–Trinajstić information content (AvgIpc) is 2.83. The lowest BCUT2D eigenvalue weighted by Crippen LogP contribution is -2.33. The van der Waals surface area contributed by atoms with Gasteiger partial charge in [-0.1, -0.05) is 44.2 Å². The zero-order chi connectivity index (χ0) is 24.8. The lowest BCUT2D eigenvalue weighted by molar-refractivity contribution is 0.759. The van der Waals surface area contributed by atoms with Gasteiger partial charge in [-0.3, -0.25) is 9.56 Å². The van der Waals surface area contributed by atoms with Crippen molar-refractivity contribution in [1.29, 1.82) is 0 Å². The summed E-state index contributed by atoms with van der Waals surface area (Å²) in [6, 6.07) is 10.1. The number of allylic oxidation sites excluding steroid dienone is 3. The molecule has 0 spiro atoms. The normalized spacial score (nSPS) is 13.2. The number of hydrazone groups is 1. The Hall–Kier alpha value is -3.52. The van der Waals surface area contributed by atoms with E-state index in [1.165, 1.54) is 0 Å². The minimum absolute atomic E-state index is 0.539. The maximum absolute atomic E-state index is 5.51. The Bertz CT molecular complexity index is 1090. The van der Waals surface area contributed by atoms with Gasteiger partial charge in [-0.15, -0.1) is 0 Å². The minimum atomic E-state index is 0.539. The van der Waals surface area contributed by atoms with Gasteiger partial charge in [-0.2, -0.15) is 10.1 Å². The number of aromatic nitrogens is 2. The Labute approximate surface area is 197 Å². The van der Waals surface area contributed by atoms with E-state index in [1.807, 2.05) is 95.7 Å². The fourth-order valence-electron chi connectivity index (χ4n) is 3.10. The summed E-state index contributed by atoms with van der Waals surface area (Å²) >= 11 is 0. The number of hydrogen-bond acceptors (Lipinski definition) is 6. The van der Waals surface area contributed by atoms with Crippen LogP contribution < -0.4 is 22.2 Å². The Morgan fingerprint density at radius 3 is 2.52 bits per heavy atom. The summed E-state index contributed by atoms with van der Waals surface area (Å²) in [4.78, 5) is 14.1. The van der Waals surface area contributed by atoms with Gasteiger partial charge in [0.2, 0.25) is 5.95 Å². The number of amidine groups is 1. The van der Waals surface area contributed by atoms with E-state index >= 15 is 0 Å². The van der Waals surface area contributed by atoms with Crippen LogP contribution in [0, 0.1) is 0 Å². The standard InChI is InChI=1S/C23H32N8.C2H6/c1-7-11-21(30-25-5)28-23-27-20(15-22(26-9-3)31(23)6)18-13-10-12-17(14-18)19(8-2)16(4)29-24;1-2/h7-8,10-15,25H,9,24H2,1-6H3,(H,27,28,30);1-2H3/b11-7+,19-8-,26-22?,29-16-;. The molecule has 33 heavy (non-hydrogen) atoms. The lowest BCUT2D eigenvalue weighted by Gasteiger charge is -2.12. The zero-order valence-electron chi connectivity index (χ0n) is 21.1. The van der Waals surface area contributed by atoms with Gasteiger partial charge >= 0.3 is 0 Å². The molecule has 0 saturated heterocycles. The summed E-state index contributed by atoms with van der Waals surface area (Å²) in [6.45, 7) is 12.5. The maximum atomic E-state index is 5.51. The lowest BCUT2D eigenvalue weighted by atomic mass is 9.98. The van der Waals surface area contributed by atoms with Crippen LogP contribution in [0.2, 0.25) is 0 Å². The first kappa shape index (κ1) is 27.5. The summed E-state index contributed by atoms with van der Waals surface area (Å²) in [5.41, 5.74) is 11.2. The number of rotatable bonds is 7. The molecule has 0 unspecified atom stereocenters. The molecule has 0 fully saturated rings. The molecule has 2 aromatic rings. The molecule has 0 bridgehead atoms. The number of benzene rings is 1. The zero-order valence-corrected chi connectivity index (χ0v) is 21.1. The maximum Gasteiger partial charge on any atom is 0.233 e. The number of nitrogens with zero attached hydrogens (tertiary/aromatic N) is 5. The second kappa shape index (κ2) is 14.5. The van der Waals surface area contributed by atoms with Gasteiger partial charge in [-0.25, -0.2) is 10.4 Å². The van der Waals surface area contributed by atoms with Crippen LogP contribution in [0.15, 0.2) is 63.6 Å². The fraction of sp³-hybridized carbons (Fsp3) is 0.360. The van der Waals surface area contributed by atoms with Crippen molar-refractivity contribution < 1.29 is 0 Å². The van der Waals surface area contributed by atoms with Crippen molar-refractivity contribution >= 4 is 23.1 Å². The molecular weight excluding hydrogens is 412 g/mol. The van der Waals surface area contributed by atoms with E-state index in [0.29, 0.717) is 18.3 Å². The van der Waals surface area contributed by atoms with Crippen LogP contribution in [0.1, 0.15) is 47.1 Å². The van der Waals surface area contributed by atoms with E-state index in [2.05, 4.69) is 32.0 Å². The molecule has 8 nitrogen and oxygen atoms in total. The van der Waals surface area contributed by atoms with Crippen LogP contribution in [0.25, 0.3) is 16.8 Å². The van der Waals surface area contributed by atoms with Crippen molar-refractivity contribution in [3.8, 4) is 11.3 Å². The smallest absolute Gasteiger partial charge is 0.233 e. The van der Waals surface area contributed by atoms with Crippen LogP contribution in [-0.4, -0.2) is 34.7 Å². The molecule has 0 saturated carbocycles. The molecule has 0 radical (unpaired) electrons. The van der Waals surface area contributed by atoms with Crippen molar-refractivity contribution in [2.45, 2.75) is 41.5 Å². The van der Waals surface area contributed by atoms with Gasteiger partial charge in [0.05, 0.1) is 11.4 Å². The number of hydrogen-bond donors (Lipinski definition) is 3. The van der Waals surface area contributed by atoms with E-state index in [1.54, 1.807) is 7.05 Å². The fourth-order valence-corrected chi connectivity index (χ4v) is 3.10. The molecule has 0 aliphatic heterocycles. The molecule has 0 aliphatic rings. The molecule has 8 heteroatoms. The number of nitrogens with one attached hydrogen (secondary N) is 2. The largest absolute Gasteiger partial charge is 0.323 e. The van der Waals surface area contributed by atoms with Crippen molar-refractivity contribution in [1.82, 2.24) is 20.4 Å². The van der Waals surface area contributed by atoms with Gasteiger partial charge in [0.25, 0.3) is 0 Å². The summed E-state index contributed by atoms with van der Waals surface area (Å²) < 4.78 is 1.88. The van der Waals surface area contributed by atoms with Crippen LogP contribution in [0.3, 0.4) is 0 Å². The SMILES string of the molecule is C/C=C/C(=N\c1nc(-c2cccc(C(=C\C)/C(C)=N\N)c2)cc(=NCC)n1C)NNC.CC. The molecule has 4 N–H and O–H groups in total. The molecule has 1 aromatic carbocycles. The Morgan fingerprint density at radius 1 is 1.21 bits per heavy atom. The first-order valence-corrected chi connectivity index (χ1v) is 11.2. The van der Waals surface area contributed by atoms with E-state index in [9.17, 15) is 0 Å². The predicted octanol–water partition coefficient (Wildman–Crippen LogP) is 4.10. The Kier molecular flexibility index (Phi) is 12.1. The number of nitrogens with two attached hydrogens (primary N) is 1. The molecule has 2 rings (SSSR count). The molecule has 0 aliphatic carbocycles. The third kappa shape index (κ3) is 7.54. The number of hydrazine groups is 1. The average molecular weight is 451 g/mol. The van der Waals surface area contributed by atoms with Crippen molar-refractivity contribution in [2.75, 3.05) is 13.6 Å². The highest BCUT2D eigenvalue weighted by molar-refractivity contribution is 6.22. The van der Waals surface area contributed by atoms with Crippen LogP contribution in [0.4, 0.5) is 5.95 Å². The highest BCUT2D eigenvalue weighted by atomic mass is 15.4. The Morgan fingerprint density at radius 2 is 1.94 bits per heavy atom. The topological polar surface area (TPSA) is 105 Å². The summed E-state index contributed by atoms with van der Waals surface area (Å²) in [5.74, 6) is 6.69. The third-order valence-corrected chi connectivity index (χ3v) is 4.59. The molecule has 1 aromatic heterocycles. The molecule has 1 heterocycles. The first-order valence-electron chi connectivity index (χ1n) is 11.2. The van der Waals surface area contributed by atoms with Gasteiger partial charge in [0, 0.05) is 37.8 Å². The molecule has 0 amide bonds. The van der Waals surface area contributed by atoms with Crippen LogP contribution >= 0.6 is 0 Å². The van der Waals surface area contributed by atoms with Gasteiger partial charge in [0.1, 0.15) is 11.3 Å². The summed E-state index contributed by atoms with van der Waals surface area (Å²) in [5, 5.41) is 3.85. The summed E-state index contributed by atoms with van der Waals surface area (Å²) in [6.07, 6.45) is 5.78. The molecule has 0 atom stereocenters. The second-order valence-corrected chi connectivity index (χ2v) is 6.70. The highest BCUT2D eigenvalue weighted by Gasteiger charge is 2.10. The Balaban J connectivity index is 0.00000265. The molecular formula is C25H38N8. The predicted molar refractivity (Wildman–Crippen MR) is 141 cm³/mol. The minimum Gasteiger partial charge on any atom is -0.323 e. The van der Waals surface area contributed by atoms with E-state index in [0.717, 1.165) is 33.6 Å². The van der Waals surface area contributed by atoms with E-state index in [-0.39, 0.29) is 0 Å². The van der Waals surface area contributed by atoms with Crippen LogP contribution in [0.5, 0.6) is 0 Å². The second-order valence-electron chi connectivity index (χ2n) is 6.70. The van der Waals surface area contributed by atoms with Gasteiger partial charge in [-0.05, 0) is 45.4 Å². The van der Waals surface area contributed by atoms with E-state index < -0.39 is 0 Å². The van der Waals surface area contributed by atoms with Crippen molar-refractivity contribution in [2.24, 2.45) is 28.0 Å². The quantitative estimate of drug-likeness (QED) is 0.256. The highest BCUT2D eigenvalue weighted by Crippen LogP contribution is 2.24. The first-order chi connectivity index (χ1) is 16.0. The van der Waals surface area contributed by atoms with Gasteiger partial charge in [0.15, 0.2) is 0 Å². The van der Waals surface area contributed by atoms with Crippen molar-refractivity contribution in [3.05, 3.63) is 59.6 Å².